The Labute approximate surface area is 199 Å². The van der Waals surface area contributed by atoms with E-state index in [1.54, 1.807) is 6.08 Å². The lowest BCUT2D eigenvalue weighted by molar-refractivity contribution is -0.115. The van der Waals surface area contributed by atoms with E-state index < -0.39 is 0 Å². The van der Waals surface area contributed by atoms with Gasteiger partial charge in [-0.3, -0.25) is 4.79 Å². The van der Waals surface area contributed by atoms with Crippen molar-refractivity contribution in [2.75, 3.05) is 6.61 Å². The number of thioether (sulfide) groups is 1. The molecule has 2 aromatic carbocycles. The van der Waals surface area contributed by atoms with Gasteiger partial charge in [0, 0.05) is 4.47 Å². The Morgan fingerprint density at radius 2 is 1.79 bits per heavy atom. The average Bonchev–Trinajstić information content (AvgIpc) is 2.98. The molecule has 0 spiro atoms. The number of hydrogen-bond acceptors (Lipinski definition) is 4. The summed E-state index contributed by atoms with van der Waals surface area (Å²) in [5.41, 5.74) is 3.83. The molecule has 1 aliphatic heterocycles. The topological polar surface area (TPSA) is 50.7 Å². The molecule has 29 heavy (non-hydrogen) atoms. The summed E-state index contributed by atoms with van der Waals surface area (Å²) in [6.45, 7) is 4.20. The van der Waals surface area contributed by atoms with Gasteiger partial charge < -0.3 is 10.1 Å². The average molecular weight is 599 g/mol. The molecule has 1 saturated heterocycles. The smallest absolute Gasteiger partial charge is 0.264 e. The lowest BCUT2D eigenvalue weighted by Crippen LogP contribution is -2.19. The molecule has 3 rings (SSSR count). The van der Waals surface area contributed by atoms with Crippen molar-refractivity contribution in [2.45, 2.75) is 13.8 Å². The van der Waals surface area contributed by atoms with Gasteiger partial charge in [0.2, 0.25) is 0 Å². The minimum atomic E-state index is -0.181. The van der Waals surface area contributed by atoms with Crippen LogP contribution >= 0.6 is 59.6 Å². The van der Waals surface area contributed by atoms with Crippen LogP contribution in [-0.2, 0) is 4.79 Å². The summed E-state index contributed by atoms with van der Waals surface area (Å²) < 4.78 is 8.07. The molecule has 1 fully saturated rings. The van der Waals surface area contributed by atoms with E-state index in [1.165, 1.54) is 11.8 Å². The van der Waals surface area contributed by atoms with Gasteiger partial charge in [0.15, 0.2) is 5.17 Å². The van der Waals surface area contributed by atoms with E-state index in [-0.39, 0.29) is 12.5 Å². The number of aryl methyl sites for hydroxylation is 2. The Hall–Kier alpha value is -1.53. The first-order valence-electron chi connectivity index (χ1n) is 8.40. The molecule has 0 aromatic heterocycles. The van der Waals surface area contributed by atoms with Crippen LogP contribution in [0.25, 0.3) is 6.08 Å². The number of nitrogens with one attached hydrogen (secondary N) is 1. The molecule has 148 valence electrons. The maximum atomic E-state index is 12.4. The largest absolute Gasteiger partial charge is 0.479 e. The van der Waals surface area contributed by atoms with Crippen LogP contribution in [0.3, 0.4) is 0 Å². The number of amides is 1. The van der Waals surface area contributed by atoms with E-state index in [0.29, 0.717) is 15.8 Å². The third-order valence-electron chi connectivity index (χ3n) is 3.92. The third kappa shape index (κ3) is 5.34. The molecule has 0 aliphatic carbocycles. The molecule has 1 aliphatic rings. The Balaban J connectivity index is 1.85. The number of nitrogens with zero attached hydrogens (tertiary/aromatic N) is 1. The molecule has 2 aromatic rings. The van der Waals surface area contributed by atoms with Gasteiger partial charge in [-0.25, -0.2) is 4.99 Å². The highest BCUT2D eigenvalue weighted by molar-refractivity contribution is 9.11. The Morgan fingerprint density at radius 3 is 2.38 bits per heavy atom. The molecule has 1 N–H and O–H groups in total. The molecular formula is C21H15Br3N2O2S. The van der Waals surface area contributed by atoms with Gasteiger partial charge in [0.1, 0.15) is 12.4 Å². The van der Waals surface area contributed by atoms with Gasteiger partial charge in [0.05, 0.1) is 19.5 Å². The minimum Gasteiger partial charge on any atom is -0.479 e. The Kier molecular flexibility index (Phi) is 7.28. The monoisotopic (exact) mass is 596 g/mol. The van der Waals surface area contributed by atoms with Crippen LogP contribution in [0.5, 0.6) is 5.75 Å². The van der Waals surface area contributed by atoms with Crippen molar-refractivity contribution in [3.8, 4) is 18.1 Å². The highest BCUT2D eigenvalue weighted by atomic mass is 79.9. The zero-order valence-electron chi connectivity index (χ0n) is 15.5. The van der Waals surface area contributed by atoms with Gasteiger partial charge in [-0.15, -0.1) is 6.42 Å². The number of carbonyl (C=O) groups is 1. The van der Waals surface area contributed by atoms with Crippen LogP contribution in [0.15, 0.2) is 47.6 Å². The fraction of sp³-hybridized carbons (Fsp3) is 0.143. The summed E-state index contributed by atoms with van der Waals surface area (Å²) in [6, 6.07) is 7.69. The van der Waals surface area contributed by atoms with E-state index in [2.05, 4.69) is 64.0 Å². The standard InChI is InChI=1S/C21H15Br3N2O2S/c1-4-5-28-19-15(22)8-13(9-16(19)23)10-17-20(27)26-21(29-17)25-14-6-11(2)18(24)12(3)7-14/h1,6-10H,5H2,2-3H3,(H,25,26,27)/b17-10-. The van der Waals surface area contributed by atoms with Crippen molar-refractivity contribution in [1.29, 1.82) is 0 Å². The summed E-state index contributed by atoms with van der Waals surface area (Å²) in [5.74, 6) is 2.88. The van der Waals surface area contributed by atoms with Gasteiger partial charge in [0.25, 0.3) is 5.91 Å². The van der Waals surface area contributed by atoms with Gasteiger partial charge >= 0.3 is 0 Å². The first kappa shape index (κ1) is 22.2. The second-order valence-corrected chi connectivity index (χ2v) is 9.71. The lowest BCUT2D eigenvalue weighted by Gasteiger charge is -2.09. The predicted octanol–water partition coefficient (Wildman–Crippen LogP) is 6.49. The summed E-state index contributed by atoms with van der Waals surface area (Å²) in [6.07, 6.45) is 7.05. The van der Waals surface area contributed by atoms with Crippen LogP contribution in [0, 0.1) is 26.2 Å². The Morgan fingerprint density at radius 1 is 1.17 bits per heavy atom. The molecule has 8 heteroatoms. The molecule has 4 nitrogen and oxygen atoms in total. The number of ether oxygens (including phenoxy) is 1. The second-order valence-electron chi connectivity index (χ2n) is 6.18. The zero-order chi connectivity index (χ0) is 21.1. The van der Waals surface area contributed by atoms with Crippen LogP contribution in [0.4, 0.5) is 5.69 Å². The van der Waals surface area contributed by atoms with E-state index >= 15 is 0 Å². The second kappa shape index (κ2) is 9.52. The summed E-state index contributed by atoms with van der Waals surface area (Å²) in [5, 5.41) is 3.37. The lowest BCUT2D eigenvalue weighted by atomic mass is 10.1. The van der Waals surface area contributed by atoms with Gasteiger partial charge in [-0.2, -0.15) is 0 Å². The zero-order valence-corrected chi connectivity index (χ0v) is 21.1. The number of benzene rings is 2. The normalized spacial score (nSPS) is 16.2. The SMILES string of the molecule is C#CCOc1c(Br)cc(/C=C2\SC(=Nc3cc(C)c(Br)c(C)c3)NC2=O)cc1Br. The van der Waals surface area contributed by atoms with Crippen molar-refractivity contribution in [1.82, 2.24) is 5.32 Å². The molecule has 0 atom stereocenters. The number of aliphatic imine (C=N–C) groups is 1. The van der Waals surface area contributed by atoms with Crippen molar-refractivity contribution in [2.24, 2.45) is 4.99 Å². The number of hydrogen-bond donors (Lipinski definition) is 1. The first-order valence-corrected chi connectivity index (χ1v) is 11.6. The van der Waals surface area contributed by atoms with Gasteiger partial charge in [-0.05, 0) is 105 Å². The van der Waals surface area contributed by atoms with Crippen LogP contribution in [0.1, 0.15) is 16.7 Å². The predicted molar refractivity (Wildman–Crippen MR) is 131 cm³/mol. The maximum absolute atomic E-state index is 12.4. The molecule has 1 amide bonds. The highest BCUT2D eigenvalue weighted by Crippen LogP contribution is 2.37. The number of halogens is 3. The van der Waals surface area contributed by atoms with Crippen LogP contribution < -0.4 is 10.1 Å². The van der Waals surface area contributed by atoms with E-state index in [9.17, 15) is 4.79 Å². The summed E-state index contributed by atoms with van der Waals surface area (Å²) in [7, 11) is 0. The molecule has 0 unspecified atom stereocenters. The fourth-order valence-electron chi connectivity index (χ4n) is 2.65. The summed E-state index contributed by atoms with van der Waals surface area (Å²) >= 11 is 11.8. The quantitative estimate of drug-likeness (QED) is 0.323. The minimum absolute atomic E-state index is 0.171. The van der Waals surface area contributed by atoms with Crippen molar-refractivity contribution >= 4 is 82.4 Å². The van der Waals surface area contributed by atoms with Gasteiger partial charge in [-0.1, -0.05) is 21.9 Å². The number of carbonyl (C=O) groups excluding carboxylic acids is 1. The van der Waals surface area contributed by atoms with E-state index in [4.69, 9.17) is 11.2 Å². The third-order valence-corrected chi connectivity index (χ3v) is 7.26. The Bertz CT molecular complexity index is 1060. The summed E-state index contributed by atoms with van der Waals surface area (Å²) in [4.78, 5) is 17.5. The van der Waals surface area contributed by atoms with Crippen molar-refractivity contribution in [3.05, 3.63) is 59.3 Å². The van der Waals surface area contributed by atoms with Crippen molar-refractivity contribution < 1.29 is 9.53 Å². The molecule has 0 saturated carbocycles. The molecular weight excluding hydrogens is 584 g/mol. The molecule has 0 bridgehead atoms. The first-order chi connectivity index (χ1) is 13.8. The number of terminal acetylenes is 1. The van der Waals surface area contributed by atoms with E-state index in [1.807, 2.05) is 38.1 Å². The molecule has 0 radical (unpaired) electrons. The number of amidine groups is 1. The van der Waals surface area contributed by atoms with Crippen LogP contribution in [-0.4, -0.2) is 17.7 Å². The number of rotatable bonds is 4. The molecule has 1 heterocycles. The van der Waals surface area contributed by atoms with Crippen molar-refractivity contribution in [3.63, 3.8) is 0 Å². The van der Waals surface area contributed by atoms with E-state index in [0.717, 1.165) is 35.8 Å². The fourth-order valence-corrected chi connectivity index (χ4v) is 5.17. The maximum Gasteiger partial charge on any atom is 0.264 e. The highest BCUT2D eigenvalue weighted by Gasteiger charge is 2.24. The van der Waals surface area contributed by atoms with Crippen LogP contribution in [0.2, 0.25) is 0 Å².